The predicted octanol–water partition coefficient (Wildman–Crippen LogP) is 4.07. The Bertz CT molecular complexity index is 689. The summed E-state index contributed by atoms with van der Waals surface area (Å²) in [6.07, 6.45) is 1.24. The summed E-state index contributed by atoms with van der Waals surface area (Å²) >= 11 is 0. The molecule has 0 amide bonds. The Morgan fingerprint density at radius 3 is 2.53 bits per heavy atom. The van der Waals surface area contributed by atoms with Gasteiger partial charge in [0, 0.05) is 17.5 Å². The molecule has 0 bridgehead atoms. The Balaban J connectivity index is 2.16. The minimum Gasteiger partial charge on any atom is -0.294 e. The maximum Gasteiger partial charge on any atom is 0.163 e. The number of carbonyl (C=O) groups is 1. The standard InChI is InChI=1S/C16H12F2O/c1-9-6-15(18)12(8-14(9)17)11-3-2-10-4-5-16(19)13(10)7-11/h2-3,6-8H,4-5H2,1H3. The molecular formula is C16H12F2O. The lowest BCUT2D eigenvalue weighted by Gasteiger charge is -2.07. The molecule has 0 atom stereocenters. The van der Waals surface area contributed by atoms with Crippen molar-refractivity contribution < 1.29 is 13.6 Å². The monoisotopic (exact) mass is 258 g/mol. The second kappa shape index (κ2) is 4.26. The number of hydrogen-bond donors (Lipinski definition) is 0. The number of Topliss-reactive ketones (excluding diaryl/α,β-unsaturated/α-hetero) is 1. The summed E-state index contributed by atoms with van der Waals surface area (Å²) in [5, 5.41) is 0. The van der Waals surface area contributed by atoms with Gasteiger partial charge in [0.15, 0.2) is 5.78 Å². The largest absolute Gasteiger partial charge is 0.294 e. The predicted molar refractivity (Wildman–Crippen MR) is 69.2 cm³/mol. The molecule has 0 fully saturated rings. The van der Waals surface area contributed by atoms with Crippen molar-refractivity contribution in [2.75, 3.05) is 0 Å². The van der Waals surface area contributed by atoms with E-state index in [2.05, 4.69) is 0 Å². The first-order chi connectivity index (χ1) is 9.06. The summed E-state index contributed by atoms with van der Waals surface area (Å²) in [5.74, 6) is -0.836. The lowest BCUT2D eigenvalue weighted by molar-refractivity contribution is 0.0994. The molecule has 2 aromatic rings. The lowest BCUT2D eigenvalue weighted by Crippen LogP contribution is -1.94. The SMILES string of the molecule is Cc1cc(F)c(-c2ccc3c(c2)C(=O)CC3)cc1F. The van der Waals surface area contributed by atoms with Crippen LogP contribution < -0.4 is 0 Å². The molecule has 19 heavy (non-hydrogen) atoms. The molecule has 0 aromatic heterocycles. The number of ketones is 1. The van der Waals surface area contributed by atoms with Gasteiger partial charge in [0.05, 0.1) is 0 Å². The molecule has 0 N–H and O–H groups in total. The highest BCUT2D eigenvalue weighted by Crippen LogP contribution is 2.30. The van der Waals surface area contributed by atoms with Crippen LogP contribution in [-0.4, -0.2) is 5.78 Å². The van der Waals surface area contributed by atoms with Crippen molar-refractivity contribution >= 4 is 5.78 Å². The van der Waals surface area contributed by atoms with Crippen molar-refractivity contribution in [3.63, 3.8) is 0 Å². The summed E-state index contributed by atoms with van der Waals surface area (Å²) in [5.41, 5.74) is 2.65. The van der Waals surface area contributed by atoms with Gasteiger partial charge >= 0.3 is 0 Å². The van der Waals surface area contributed by atoms with E-state index in [0.29, 0.717) is 17.5 Å². The van der Waals surface area contributed by atoms with Crippen LogP contribution in [0, 0.1) is 18.6 Å². The first-order valence-electron chi connectivity index (χ1n) is 6.18. The highest BCUT2D eigenvalue weighted by molar-refractivity contribution is 6.01. The molecule has 0 heterocycles. The van der Waals surface area contributed by atoms with E-state index in [4.69, 9.17) is 0 Å². The average Bonchev–Trinajstić information content (AvgIpc) is 2.75. The van der Waals surface area contributed by atoms with Gasteiger partial charge in [-0.05, 0) is 48.2 Å². The summed E-state index contributed by atoms with van der Waals surface area (Å²) in [4.78, 5) is 11.7. The normalized spacial score (nSPS) is 13.7. The second-order valence-electron chi connectivity index (χ2n) is 4.88. The smallest absolute Gasteiger partial charge is 0.163 e. The minimum absolute atomic E-state index is 0.0739. The third-order valence-electron chi connectivity index (χ3n) is 3.59. The number of fused-ring (bicyclic) bond motifs is 1. The van der Waals surface area contributed by atoms with Gasteiger partial charge < -0.3 is 0 Å². The van der Waals surface area contributed by atoms with Crippen molar-refractivity contribution in [3.05, 3.63) is 58.7 Å². The van der Waals surface area contributed by atoms with Gasteiger partial charge in [0.25, 0.3) is 0 Å². The summed E-state index contributed by atoms with van der Waals surface area (Å²) in [7, 11) is 0. The highest BCUT2D eigenvalue weighted by atomic mass is 19.1. The molecule has 3 rings (SSSR count). The zero-order valence-corrected chi connectivity index (χ0v) is 10.5. The zero-order chi connectivity index (χ0) is 13.6. The molecule has 0 saturated carbocycles. The van der Waals surface area contributed by atoms with E-state index in [-0.39, 0.29) is 16.9 Å². The number of aryl methyl sites for hydroxylation is 2. The molecule has 0 unspecified atom stereocenters. The van der Waals surface area contributed by atoms with Crippen LogP contribution in [0.25, 0.3) is 11.1 Å². The maximum absolute atomic E-state index is 13.9. The van der Waals surface area contributed by atoms with Gasteiger partial charge in [-0.1, -0.05) is 12.1 Å². The molecule has 3 heteroatoms. The van der Waals surface area contributed by atoms with Crippen LogP contribution in [0.3, 0.4) is 0 Å². The van der Waals surface area contributed by atoms with Crippen LogP contribution in [0.4, 0.5) is 8.78 Å². The first kappa shape index (κ1) is 12.0. The van der Waals surface area contributed by atoms with Crippen molar-refractivity contribution in [2.24, 2.45) is 0 Å². The van der Waals surface area contributed by atoms with Crippen molar-refractivity contribution in [3.8, 4) is 11.1 Å². The minimum atomic E-state index is -0.468. The Labute approximate surface area is 109 Å². The van der Waals surface area contributed by atoms with Crippen LogP contribution >= 0.6 is 0 Å². The van der Waals surface area contributed by atoms with E-state index in [0.717, 1.165) is 12.0 Å². The number of hydrogen-bond acceptors (Lipinski definition) is 1. The van der Waals surface area contributed by atoms with E-state index in [1.165, 1.54) is 19.1 Å². The van der Waals surface area contributed by atoms with E-state index >= 15 is 0 Å². The molecule has 0 aliphatic heterocycles. The third-order valence-corrected chi connectivity index (χ3v) is 3.59. The van der Waals surface area contributed by atoms with Crippen LogP contribution in [0.5, 0.6) is 0 Å². The van der Waals surface area contributed by atoms with E-state index in [1.54, 1.807) is 12.1 Å². The topological polar surface area (TPSA) is 17.1 Å². The molecule has 0 saturated heterocycles. The summed E-state index contributed by atoms with van der Waals surface area (Å²) in [6, 6.07) is 7.60. The number of carbonyl (C=O) groups excluding carboxylic acids is 1. The fraction of sp³-hybridized carbons (Fsp3) is 0.188. The van der Waals surface area contributed by atoms with Gasteiger partial charge in [0.2, 0.25) is 0 Å². The molecule has 0 spiro atoms. The maximum atomic E-state index is 13.9. The second-order valence-corrected chi connectivity index (χ2v) is 4.88. The van der Waals surface area contributed by atoms with Gasteiger partial charge in [-0.3, -0.25) is 4.79 Å². The lowest BCUT2D eigenvalue weighted by atomic mass is 9.99. The van der Waals surface area contributed by atoms with Crippen LogP contribution in [0.1, 0.15) is 27.9 Å². The molecule has 2 aromatic carbocycles. The van der Waals surface area contributed by atoms with Crippen molar-refractivity contribution in [2.45, 2.75) is 19.8 Å². The number of benzene rings is 2. The number of halogens is 2. The van der Waals surface area contributed by atoms with E-state index in [9.17, 15) is 13.6 Å². The van der Waals surface area contributed by atoms with Gasteiger partial charge in [-0.2, -0.15) is 0 Å². The molecule has 0 radical (unpaired) electrons. The van der Waals surface area contributed by atoms with Gasteiger partial charge in [0.1, 0.15) is 11.6 Å². The fourth-order valence-corrected chi connectivity index (χ4v) is 2.47. The first-order valence-corrected chi connectivity index (χ1v) is 6.18. The Morgan fingerprint density at radius 2 is 1.74 bits per heavy atom. The van der Waals surface area contributed by atoms with Crippen molar-refractivity contribution in [1.82, 2.24) is 0 Å². The quantitative estimate of drug-likeness (QED) is 0.753. The summed E-state index contributed by atoms with van der Waals surface area (Å²) < 4.78 is 27.5. The van der Waals surface area contributed by atoms with Crippen LogP contribution in [0.15, 0.2) is 30.3 Å². The van der Waals surface area contributed by atoms with E-state index < -0.39 is 11.6 Å². The molecule has 1 nitrogen and oxygen atoms in total. The number of rotatable bonds is 1. The zero-order valence-electron chi connectivity index (χ0n) is 10.5. The average molecular weight is 258 g/mol. The Kier molecular flexibility index (Phi) is 2.70. The Hall–Kier alpha value is -2.03. The third kappa shape index (κ3) is 1.95. The summed E-state index contributed by atoms with van der Waals surface area (Å²) in [6.45, 7) is 1.52. The molecular weight excluding hydrogens is 246 g/mol. The van der Waals surface area contributed by atoms with Crippen LogP contribution in [-0.2, 0) is 6.42 Å². The Morgan fingerprint density at radius 1 is 0.947 bits per heavy atom. The molecule has 1 aliphatic rings. The van der Waals surface area contributed by atoms with Gasteiger partial charge in [-0.25, -0.2) is 8.78 Å². The van der Waals surface area contributed by atoms with E-state index in [1.807, 2.05) is 6.07 Å². The fourth-order valence-electron chi connectivity index (χ4n) is 2.47. The van der Waals surface area contributed by atoms with Gasteiger partial charge in [-0.15, -0.1) is 0 Å². The van der Waals surface area contributed by atoms with Crippen LogP contribution in [0.2, 0.25) is 0 Å². The molecule has 1 aliphatic carbocycles. The highest BCUT2D eigenvalue weighted by Gasteiger charge is 2.20. The van der Waals surface area contributed by atoms with Crippen molar-refractivity contribution in [1.29, 1.82) is 0 Å². The molecule has 96 valence electrons.